The molecule has 9 heteroatoms. The van der Waals surface area contributed by atoms with Crippen molar-refractivity contribution in [1.82, 2.24) is 5.32 Å². The minimum absolute atomic E-state index is 0.100. The van der Waals surface area contributed by atoms with E-state index in [1.807, 2.05) is 54.6 Å². The number of rotatable bonds is 13. The number of nitrogens with one attached hydrogen (secondary N) is 1. The Hall–Kier alpha value is -2.91. The molecule has 0 aromatic heterocycles. The smallest absolute Gasteiger partial charge is 0.491 e. The summed E-state index contributed by atoms with van der Waals surface area (Å²) in [5, 5.41) is 2.93. The Morgan fingerprint density at radius 2 is 1.66 bits per heavy atom. The summed E-state index contributed by atoms with van der Waals surface area (Å²) in [4.78, 5) is 21.8. The van der Waals surface area contributed by atoms with Crippen LogP contribution in [0.2, 0.25) is 0 Å². The lowest BCUT2D eigenvalue weighted by molar-refractivity contribution is -0.201. The normalized spacial score (nSPS) is 11.2. The third kappa shape index (κ3) is 10.4. The second-order valence-electron chi connectivity index (χ2n) is 6.90. The molecule has 2 aromatic rings. The fourth-order valence-electron chi connectivity index (χ4n) is 2.67. The summed E-state index contributed by atoms with van der Waals surface area (Å²) in [6.45, 7) is 2.28. The Morgan fingerprint density at radius 1 is 0.906 bits per heavy atom. The minimum atomic E-state index is -5.18. The molecule has 0 amide bonds. The fourth-order valence-corrected chi connectivity index (χ4v) is 2.67. The fraction of sp³-hybridized carbons (Fsp3) is 0.391. The van der Waals surface area contributed by atoms with Gasteiger partial charge in [-0.25, -0.2) is 4.79 Å². The van der Waals surface area contributed by atoms with Crippen LogP contribution in [0.25, 0.3) is 0 Å². The molecular formula is C23H26F3NO5. The summed E-state index contributed by atoms with van der Waals surface area (Å²) < 4.78 is 51.1. The first kappa shape index (κ1) is 25.4. The van der Waals surface area contributed by atoms with Crippen molar-refractivity contribution < 1.29 is 37.0 Å². The average molecular weight is 453 g/mol. The zero-order valence-corrected chi connectivity index (χ0v) is 17.5. The van der Waals surface area contributed by atoms with Crippen molar-refractivity contribution in [2.45, 2.75) is 32.0 Å². The molecule has 2 aromatic carbocycles. The van der Waals surface area contributed by atoms with E-state index in [0.29, 0.717) is 32.8 Å². The van der Waals surface area contributed by atoms with Crippen molar-refractivity contribution in [1.29, 1.82) is 0 Å². The van der Waals surface area contributed by atoms with Gasteiger partial charge in [-0.05, 0) is 36.2 Å². The number of esters is 2. The maximum absolute atomic E-state index is 12.0. The van der Waals surface area contributed by atoms with Crippen LogP contribution in [0, 0.1) is 0 Å². The van der Waals surface area contributed by atoms with E-state index in [0.717, 1.165) is 23.3 Å². The third-order valence-corrected chi connectivity index (χ3v) is 4.25. The van der Waals surface area contributed by atoms with E-state index in [4.69, 9.17) is 9.47 Å². The van der Waals surface area contributed by atoms with Gasteiger partial charge in [0.05, 0.1) is 26.2 Å². The first-order valence-electron chi connectivity index (χ1n) is 10.2. The standard InChI is InChI=1S/C23H26F3NO5/c24-23(25,26)22(29)32-21(28)11-13-27-12-10-18-8-4-9-20(16-18)31-15-5-14-30-17-19-6-2-1-3-7-19/h1-4,6-9,16,27H,5,10-15,17H2. The number of carbonyl (C=O) groups excluding carboxylic acids is 2. The molecule has 0 fully saturated rings. The lowest BCUT2D eigenvalue weighted by Gasteiger charge is -2.09. The van der Waals surface area contributed by atoms with E-state index >= 15 is 0 Å². The van der Waals surface area contributed by atoms with E-state index in [1.54, 1.807) is 0 Å². The van der Waals surface area contributed by atoms with Crippen LogP contribution in [0.4, 0.5) is 13.2 Å². The van der Waals surface area contributed by atoms with Crippen LogP contribution in [-0.2, 0) is 32.1 Å². The number of alkyl halides is 3. The minimum Gasteiger partial charge on any atom is -0.493 e. The first-order chi connectivity index (χ1) is 15.3. The van der Waals surface area contributed by atoms with E-state index in [9.17, 15) is 22.8 Å². The van der Waals surface area contributed by atoms with Crippen LogP contribution in [0.3, 0.4) is 0 Å². The number of halogens is 3. The van der Waals surface area contributed by atoms with Gasteiger partial charge >= 0.3 is 18.1 Å². The SMILES string of the molecule is O=C(CCNCCc1cccc(OCCCOCc2ccccc2)c1)OC(=O)C(F)(F)F. The van der Waals surface area contributed by atoms with E-state index in [1.165, 1.54) is 0 Å². The Kier molecular flexibility index (Phi) is 10.7. The van der Waals surface area contributed by atoms with Crippen molar-refractivity contribution in [3.05, 3.63) is 65.7 Å². The quantitative estimate of drug-likeness (QED) is 0.282. The maximum Gasteiger partial charge on any atom is 0.491 e. The molecule has 0 aliphatic carbocycles. The topological polar surface area (TPSA) is 73.9 Å². The largest absolute Gasteiger partial charge is 0.493 e. The third-order valence-electron chi connectivity index (χ3n) is 4.25. The molecule has 0 radical (unpaired) electrons. The van der Waals surface area contributed by atoms with Crippen LogP contribution >= 0.6 is 0 Å². The van der Waals surface area contributed by atoms with Gasteiger partial charge in [0.2, 0.25) is 0 Å². The lowest BCUT2D eigenvalue weighted by atomic mass is 10.1. The number of carbonyl (C=O) groups is 2. The first-order valence-corrected chi connectivity index (χ1v) is 10.2. The maximum atomic E-state index is 12.0. The summed E-state index contributed by atoms with van der Waals surface area (Å²) in [6, 6.07) is 17.5. The van der Waals surface area contributed by atoms with Crippen molar-refractivity contribution in [3.63, 3.8) is 0 Å². The molecule has 0 bridgehead atoms. The summed E-state index contributed by atoms with van der Waals surface area (Å²) in [5.41, 5.74) is 2.13. The second kappa shape index (κ2) is 13.5. The van der Waals surface area contributed by atoms with E-state index in [2.05, 4.69) is 10.1 Å². The molecule has 2 rings (SSSR count). The summed E-state index contributed by atoms with van der Waals surface area (Å²) in [5.74, 6) is -2.98. The van der Waals surface area contributed by atoms with E-state index in [-0.39, 0.29) is 13.0 Å². The number of hydrogen-bond acceptors (Lipinski definition) is 6. The van der Waals surface area contributed by atoms with Crippen molar-refractivity contribution in [2.24, 2.45) is 0 Å². The van der Waals surface area contributed by atoms with Crippen LogP contribution in [0.1, 0.15) is 24.0 Å². The zero-order valence-electron chi connectivity index (χ0n) is 17.5. The van der Waals surface area contributed by atoms with Crippen LogP contribution < -0.4 is 10.1 Å². The van der Waals surface area contributed by atoms with Gasteiger partial charge in [-0.1, -0.05) is 42.5 Å². The Labute approximate surface area is 184 Å². The van der Waals surface area contributed by atoms with Crippen molar-refractivity contribution in [2.75, 3.05) is 26.3 Å². The summed E-state index contributed by atoms with van der Waals surface area (Å²) in [6.07, 6.45) is -4.12. The van der Waals surface area contributed by atoms with Crippen LogP contribution in [-0.4, -0.2) is 44.4 Å². The van der Waals surface area contributed by atoms with Crippen molar-refractivity contribution >= 4 is 11.9 Å². The Morgan fingerprint density at radius 3 is 2.41 bits per heavy atom. The molecule has 0 unspecified atom stereocenters. The molecule has 0 saturated carbocycles. The van der Waals surface area contributed by atoms with Gasteiger partial charge in [0.15, 0.2) is 0 Å². The number of ether oxygens (including phenoxy) is 3. The highest BCUT2D eigenvalue weighted by atomic mass is 19.4. The summed E-state index contributed by atoms with van der Waals surface area (Å²) in [7, 11) is 0. The van der Waals surface area contributed by atoms with Crippen molar-refractivity contribution in [3.8, 4) is 5.75 Å². The number of benzene rings is 2. The zero-order chi connectivity index (χ0) is 23.2. The molecule has 32 heavy (non-hydrogen) atoms. The highest BCUT2D eigenvalue weighted by Gasteiger charge is 2.42. The molecule has 0 aliphatic heterocycles. The van der Waals surface area contributed by atoms with Gasteiger partial charge in [0, 0.05) is 13.0 Å². The van der Waals surface area contributed by atoms with Gasteiger partial charge in [-0.15, -0.1) is 0 Å². The monoisotopic (exact) mass is 453 g/mol. The molecule has 6 nitrogen and oxygen atoms in total. The predicted octanol–water partition coefficient (Wildman–Crippen LogP) is 3.83. The molecule has 174 valence electrons. The molecule has 0 aliphatic rings. The average Bonchev–Trinajstić information content (AvgIpc) is 2.76. The van der Waals surface area contributed by atoms with Gasteiger partial charge in [-0.3, -0.25) is 4.79 Å². The predicted molar refractivity (Wildman–Crippen MR) is 111 cm³/mol. The van der Waals surface area contributed by atoms with E-state index < -0.39 is 18.1 Å². The molecule has 0 heterocycles. The summed E-state index contributed by atoms with van der Waals surface area (Å²) >= 11 is 0. The second-order valence-corrected chi connectivity index (χ2v) is 6.90. The Balaban J connectivity index is 1.55. The lowest BCUT2D eigenvalue weighted by Crippen LogP contribution is -2.29. The molecule has 0 atom stereocenters. The van der Waals surface area contributed by atoms with Crippen LogP contribution in [0.15, 0.2) is 54.6 Å². The molecule has 0 saturated heterocycles. The van der Waals surface area contributed by atoms with Gasteiger partial charge < -0.3 is 19.5 Å². The Bertz CT molecular complexity index is 843. The van der Waals surface area contributed by atoms with Crippen LogP contribution in [0.5, 0.6) is 5.75 Å². The highest BCUT2D eigenvalue weighted by Crippen LogP contribution is 2.17. The molecular weight excluding hydrogens is 427 g/mol. The molecule has 0 spiro atoms. The molecule has 1 N–H and O–H groups in total. The van der Waals surface area contributed by atoms with Gasteiger partial charge in [0.25, 0.3) is 0 Å². The van der Waals surface area contributed by atoms with Gasteiger partial charge in [-0.2, -0.15) is 13.2 Å². The highest BCUT2D eigenvalue weighted by molar-refractivity contribution is 5.88. The van der Waals surface area contributed by atoms with Gasteiger partial charge in [0.1, 0.15) is 5.75 Å². The number of hydrogen-bond donors (Lipinski definition) is 1.